The van der Waals surface area contributed by atoms with Gasteiger partial charge in [-0.25, -0.2) is 4.79 Å². The normalized spacial score (nSPS) is 9.78. The van der Waals surface area contributed by atoms with E-state index in [-0.39, 0.29) is 0 Å². The predicted molar refractivity (Wildman–Crippen MR) is 67.6 cm³/mol. The minimum absolute atomic E-state index is 0.387. The molecule has 0 saturated carbocycles. The number of aldehydes is 1. The Morgan fingerprint density at radius 3 is 2.17 bits per heavy atom. The highest BCUT2D eigenvalue weighted by molar-refractivity contribution is 5.91. The van der Waals surface area contributed by atoms with Crippen molar-refractivity contribution in [1.29, 1.82) is 0 Å². The molecule has 0 aliphatic heterocycles. The molecule has 0 aromatic heterocycles. The van der Waals surface area contributed by atoms with E-state index in [4.69, 9.17) is 10.5 Å². The summed E-state index contributed by atoms with van der Waals surface area (Å²) in [6, 6.07) is 12.8. The third kappa shape index (κ3) is 2.74. The molecule has 2 N–H and O–H groups in total. The number of ether oxygens (including phenoxy) is 1. The first kappa shape index (κ1) is 11.9. The molecule has 2 rings (SSSR count). The number of nitrogen functional groups attached to an aromatic ring is 1. The first-order valence-electron chi connectivity index (χ1n) is 5.32. The minimum Gasteiger partial charge on any atom is -0.423 e. The van der Waals surface area contributed by atoms with Gasteiger partial charge in [0.25, 0.3) is 0 Å². The number of esters is 1. The second-order valence-electron chi connectivity index (χ2n) is 3.70. The average Bonchev–Trinajstić information content (AvgIpc) is 2.41. The van der Waals surface area contributed by atoms with Gasteiger partial charge in [0.1, 0.15) is 12.0 Å². The molecule has 0 bridgehead atoms. The van der Waals surface area contributed by atoms with Crippen molar-refractivity contribution >= 4 is 17.9 Å². The van der Waals surface area contributed by atoms with Crippen LogP contribution in [0.1, 0.15) is 20.7 Å². The molecule has 4 heteroatoms. The summed E-state index contributed by atoms with van der Waals surface area (Å²) in [7, 11) is 0. The summed E-state index contributed by atoms with van der Waals surface area (Å²) in [6.45, 7) is 0. The van der Waals surface area contributed by atoms with Crippen molar-refractivity contribution in [3.8, 4) is 5.75 Å². The molecule has 18 heavy (non-hydrogen) atoms. The van der Waals surface area contributed by atoms with Gasteiger partial charge >= 0.3 is 5.97 Å². The number of rotatable bonds is 3. The summed E-state index contributed by atoms with van der Waals surface area (Å²) < 4.78 is 5.15. The highest BCUT2D eigenvalue weighted by Gasteiger charge is 2.08. The Labute approximate surface area is 104 Å². The molecule has 0 spiro atoms. The minimum atomic E-state index is -0.475. The fourth-order valence-electron chi connectivity index (χ4n) is 1.40. The van der Waals surface area contributed by atoms with Crippen LogP contribution < -0.4 is 10.5 Å². The van der Waals surface area contributed by atoms with E-state index in [1.54, 1.807) is 48.5 Å². The molecule has 0 aliphatic carbocycles. The molecule has 0 amide bonds. The predicted octanol–water partition coefficient (Wildman–Crippen LogP) is 2.30. The highest BCUT2D eigenvalue weighted by atomic mass is 16.5. The molecule has 0 saturated heterocycles. The molecule has 90 valence electrons. The van der Waals surface area contributed by atoms with Crippen molar-refractivity contribution in [2.45, 2.75) is 0 Å². The summed E-state index contributed by atoms with van der Waals surface area (Å²) in [4.78, 5) is 22.2. The van der Waals surface area contributed by atoms with Gasteiger partial charge in [0.15, 0.2) is 0 Å². The van der Waals surface area contributed by atoms with Crippen LogP contribution in [-0.4, -0.2) is 12.3 Å². The van der Waals surface area contributed by atoms with E-state index >= 15 is 0 Å². The SMILES string of the molecule is Nc1ccc(OC(=O)c2ccc(C=O)cc2)cc1. The van der Waals surface area contributed by atoms with Crippen LogP contribution in [0, 0.1) is 0 Å². The lowest BCUT2D eigenvalue weighted by Gasteiger charge is -2.04. The van der Waals surface area contributed by atoms with Crippen LogP contribution in [0.25, 0.3) is 0 Å². The molecular weight excluding hydrogens is 230 g/mol. The Morgan fingerprint density at radius 1 is 1.00 bits per heavy atom. The van der Waals surface area contributed by atoms with Crippen molar-refractivity contribution < 1.29 is 14.3 Å². The van der Waals surface area contributed by atoms with Gasteiger partial charge in [0.05, 0.1) is 5.56 Å². The van der Waals surface area contributed by atoms with Crippen LogP contribution in [0.2, 0.25) is 0 Å². The van der Waals surface area contributed by atoms with Crippen molar-refractivity contribution in [2.75, 3.05) is 5.73 Å². The van der Waals surface area contributed by atoms with Crippen LogP contribution >= 0.6 is 0 Å². The standard InChI is InChI=1S/C14H11NO3/c15-12-5-7-13(8-6-12)18-14(17)11-3-1-10(9-16)2-4-11/h1-9H,15H2. The van der Waals surface area contributed by atoms with Gasteiger partial charge in [0.2, 0.25) is 0 Å². The Kier molecular flexibility index (Phi) is 3.38. The fourth-order valence-corrected chi connectivity index (χ4v) is 1.40. The Hall–Kier alpha value is -2.62. The molecule has 2 aromatic rings. The summed E-state index contributed by atoms with van der Waals surface area (Å²) in [6.07, 6.45) is 0.717. The average molecular weight is 241 g/mol. The summed E-state index contributed by atoms with van der Waals surface area (Å²) in [5, 5.41) is 0. The largest absolute Gasteiger partial charge is 0.423 e. The van der Waals surface area contributed by atoms with E-state index < -0.39 is 5.97 Å². The van der Waals surface area contributed by atoms with E-state index in [2.05, 4.69) is 0 Å². The van der Waals surface area contributed by atoms with Crippen molar-refractivity contribution in [2.24, 2.45) is 0 Å². The first-order chi connectivity index (χ1) is 8.69. The highest BCUT2D eigenvalue weighted by Crippen LogP contribution is 2.15. The number of hydrogen-bond donors (Lipinski definition) is 1. The summed E-state index contributed by atoms with van der Waals surface area (Å²) in [5.74, 6) is -0.0501. The molecule has 0 radical (unpaired) electrons. The third-order valence-corrected chi connectivity index (χ3v) is 2.37. The smallest absolute Gasteiger partial charge is 0.343 e. The Morgan fingerprint density at radius 2 is 1.61 bits per heavy atom. The second kappa shape index (κ2) is 5.14. The van der Waals surface area contributed by atoms with Crippen LogP contribution in [0.15, 0.2) is 48.5 Å². The maximum atomic E-state index is 11.8. The molecule has 4 nitrogen and oxygen atoms in total. The lowest BCUT2D eigenvalue weighted by atomic mass is 10.1. The maximum absolute atomic E-state index is 11.8. The number of carbonyl (C=O) groups is 2. The Bertz CT molecular complexity index is 559. The van der Waals surface area contributed by atoms with E-state index in [1.165, 1.54) is 0 Å². The lowest BCUT2D eigenvalue weighted by Crippen LogP contribution is -2.08. The number of hydrogen-bond acceptors (Lipinski definition) is 4. The molecule has 0 atom stereocenters. The lowest BCUT2D eigenvalue weighted by molar-refractivity contribution is 0.0734. The summed E-state index contributed by atoms with van der Waals surface area (Å²) in [5.41, 5.74) is 7.03. The molecule has 0 unspecified atom stereocenters. The zero-order valence-electron chi connectivity index (χ0n) is 9.50. The van der Waals surface area contributed by atoms with Gasteiger partial charge in [-0.1, -0.05) is 12.1 Å². The summed E-state index contributed by atoms with van der Waals surface area (Å²) >= 11 is 0. The van der Waals surface area contributed by atoms with E-state index in [0.717, 1.165) is 6.29 Å². The zero-order chi connectivity index (χ0) is 13.0. The van der Waals surface area contributed by atoms with E-state index in [0.29, 0.717) is 22.6 Å². The number of anilines is 1. The number of carbonyl (C=O) groups excluding carboxylic acids is 2. The van der Waals surface area contributed by atoms with Crippen molar-refractivity contribution in [3.05, 3.63) is 59.7 Å². The van der Waals surface area contributed by atoms with Crippen molar-refractivity contribution in [3.63, 3.8) is 0 Å². The number of benzene rings is 2. The number of nitrogens with two attached hydrogens (primary N) is 1. The molecule has 0 fully saturated rings. The van der Waals surface area contributed by atoms with Gasteiger partial charge in [-0.3, -0.25) is 4.79 Å². The van der Waals surface area contributed by atoms with Gasteiger partial charge in [0, 0.05) is 11.3 Å². The van der Waals surface area contributed by atoms with Crippen LogP contribution in [0.5, 0.6) is 5.75 Å². The molecular formula is C14H11NO3. The molecule has 0 heterocycles. The van der Waals surface area contributed by atoms with Crippen molar-refractivity contribution in [1.82, 2.24) is 0 Å². The first-order valence-corrected chi connectivity index (χ1v) is 5.32. The Balaban J connectivity index is 2.11. The van der Waals surface area contributed by atoms with Gasteiger partial charge in [-0.05, 0) is 36.4 Å². The van der Waals surface area contributed by atoms with Gasteiger partial charge in [-0.15, -0.1) is 0 Å². The third-order valence-electron chi connectivity index (χ3n) is 2.37. The quantitative estimate of drug-likeness (QED) is 0.387. The van der Waals surface area contributed by atoms with Gasteiger partial charge in [-0.2, -0.15) is 0 Å². The fraction of sp³-hybridized carbons (Fsp3) is 0. The van der Waals surface area contributed by atoms with Gasteiger partial charge < -0.3 is 10.5 Å². The maximum Gasteiger partial charge on any atom is 0.343 e. The molecule has 2 aromatic carbocycles. The zero-order valence-corrected chi connectivity index (χ0v) is 9.50. The van der Waals surface area contributed by atoms with Crippen LogP contribution in [0.3, 0.4) is 0 Å². The molecule has 0 aliphatic rings. The van der Waals surface area contributed by atoms with E-state index in [1.807, 2.05) is 0 Å². The second-order valence-corrected chi connectivity index (χ2v) is 3.70. The monoisotopic (exact) mass is 241 g/mol. The van der Waals surface area contributed by atoms with Crippen LogP contribution in [0.4, 0.5) is 5.69 Å². The topological polar surface area (TPSA) is 69.4 Å². The van der Waals surface area contributed by atoms with E-state index in [9.17, 15) is 9.59 Å². The van der Waals surface area contributed by atoms with Crippen LogP contribution in [-0.2, 0) is 0 Å².